The van der Waals surface area contributed by atoms with Crippen molar-refractivity contribution in [2.24, 2.45) is 5.14 Å². The van der Waals surface area contributed by atoms with E-state index in [4.69, 9.17) is 5.14 Å². The number of aromatic nitrogens is 2. The summed E-state index contributed by atoms with van der Waals surface area (Å²) >= 11 is 0. The second-order valence-corrected chi connectivity index (χ2v) is 8.08. The van der Waals surface area contributed by atoms with E-state index in [9.17, 15) is 13.2 Å². The molecule has 146 valence electrons. The van der Waals surface area contributed by atoms with Crippen LogP contribution >= 0.6 is 0 Å². The number of para-hydroxylation sites is 1. The van der Waals surface area contributed by atoms with Gasteiger partial charge >= 0.3 is 0 Å². The summed E-state index contributed by atoms with van der Waals surface area (Å²) in [5, 5.41) is 12.4. The highest BCUT2D eigenvalue weighted by molar-refractivity contribution is 7.89. The number of nitrogens with one attached hydrogen (secondary N) is 1. The first-order valence-corrected chi connectivity index (χ1v) is 10.3. The molecule has 0 saturated carbocycles. The van der Waals surface area contributed by atoms with Crippen LogP contribution in [0.2, 0.25) is 0 Å². The van der Waals surface area contributed by atoms with Crippen LogP contribution in [0.4, 0.5) is 5.69 Å². The summed E-state index contributed by atoms with van der Waals surface area (Å²) in [5.74, 6) is -0.158. The molecule has 1 aromatic heterocycles. The van der Waals surface area contributed by atoms with Crippen LogP contribution in [-0.4, -0.2) is 24.1 Å². The largest absolute Gasteiger partial charge is 0.326 e. The lowest BCUT2D eigenvalue weighted by atomic mass is 10.1. The molecule has 3 aromatic rings. The number of amides is 1. The SMILES string of the molecule is Cc1nn(-c2ccccc2)c(C)c1CCC(=O)Nc1ccc(S(N)(=O)=O)cc1. The third-order valence-corrected chi connectivity index (χ3v) is 5.44. The second-order valence-electron chi connectivity index (χ2n) is 6.51. The number of aryl methyl sites for hydroxylation is 1. The highest BCUT2D eigenvalue weighted by Crippen LogP contribution is 2.20. The third kappa shape index (κ3) is 4.47. The third-order valence-electron chi connectivity index (χ3n) is 4.51. The quantitative estimate of drug-likeness (QED) is 0.666. The average molecular weight is 398 g/mol. The Bertz CT molecular complexity index is 1090. The number of benzene rings is 2. The number of carbonyl (C=O) groups is 1. The molecule has 0 bridgehead atoms. The van der Waals surface area contributed by atoms with Crippen LogP contribution in [0.5, 0.6) is 0 Å². The summed E-state index contributed by atoms with van der Waals surface area (Å²) in [5.41, 5.74) is 4.45. The number of hydrogen-bond donors (Lipinski definition) is 2. The Labute approximate surface area is 164 Å². The molecule has 0 spiro atoms. The lowest BCUT2D eigenvalue weighted by Crippen LogP contribution is -2.14. The van der Waals surface area contributed by atoms with Crippen LogP contribution < -0.4 is 10.5 Å². The first-order chi connectivity index (χ1) is 13.3. The van der Waals surface area contributed by atoms with Crippen LogP contribution in [0, 0.1) is 13.8 Å². The zero-order chi connectivity index (χ0) is 20.3. The molecule has 3 N–H and O–H groups in total. The maximum absolute atomic E-state index is 12.3. The molecule has 0 fully saturated rings. The zero-order valence-electron chi connectivity index (χ0n) is 15.7. The Hall–Kier alpha value is -2.97. The van der Waals surface area contributed by atoms with Crippen LogP contribution in [-0.2, 0) is 21.2 Å². The number of rotatable bonds is 6. The lowest BCUT2D eigenvalue weighted by molar-refractivity contribution is -0.116. The molecule has 0 saturated heterocycles. The summed E-state index contributed by atoms with van der Waals surface area (Å²) in [6.45, 7) is 3.93. The van der Waals surface area contributed by atoms with E-state index in [1.54, 1.807) is 0 Å². The minimum absolute atomic E-state index is 0.00470. The highest BCUT2D eigenvalue weighted by Gasteiger charge is 2.14. The van der Waals surface area contributed by atoms with Gasteiger partial charge in [-0.25, -0.2) is 18.2 Å². The Morgan fingerprint density at radius 2 is 1.71 bits per heavy atom. The lowest BCUT2D eigenvalue weighted by Gasteiger charge is -2.07. The van der Waals surface area contributed by atoms with Crippen molar-refractivity contribution in [2.75, 3.05) is 5.32 Å². The predicted octanol–water partition coefficient (Wildman–Crippen LogP) is 2.71. The monoisotopic (exact) mass is 398 g/mol. The van der Waals surface area contributed by atoms with Crippen molar-refractivity contribution >= 4 is 21.6 Å². The summed E-state index contributed by atoms with van der Waals surface area (Å²) in [6.07, 6.45) is 0.852. The fourth-order valence-corrected chi connectivity index (χ4v) is 3.56. The van der Waals surface area contributed by atoms with Crippen molar-refractivity contribution in [3.63, 3.8) is 0 Å². The molecule has 28 heavy (non-hydrogen) atoms. The molecule has 3 rings (SSSR count). The van der Waals surface area contributed by atoms with Gasteiger partial charge in [-0.1, -0.05) is 18.2 Å². The summed E-state index contributed by atoms with van der Waals surface area (Å²) in [7, 11) is -3.75. The van der Waals surface area contributed by atoms with Gasteiger partial charge in [-0.3, -0.25) is 4.79 Å². The van der Waals surface area contributed by atoms with E-state index >= 15 is 0 Å². The molecular formula is C20H22N4O3S. The number of hydrogen-bond acceptors (Lipinski definition) is 4. The van der Waals surface area contributed by atoms with E-state index < -0.39 is 10.0 Å². The molecule has 1 amide bonds. The molecule has 0 radical (unpaired) electrons. The van der Waals surface area contributed by atoms with Gasteiger partial charge in [0.25, 0.3) is 0 Å². The van der Waals surface area contributed by atoms with Crippen molar-refractivity contribution in [2.45, 2.75) is 31.6 Å². The maximum Gasteiger partial charge on any atom is 0.238 e. The Balaban J connectivity index is 1.66. The predicted molar refractivity (Wildman–Crippen MR) is 108 cm³/mol. The Morgan fingerprint density at radius 1 is 1.07 bits per heavy atom. The minimum Gasteiger partial charge on any atom is -0.326 e. The molecule has 7 nitrogen and oxygen atoms in total. The minimum atomic E-state index is -3.75. The van der Waals surface area contributed by atoms with E-state index in [2.05, 4.69) is 10.4 Å². The van der Waals surface area contributed by atoms with Crippen molar-refractivity contribution in [3.05, 3.63) is 71.5 Å². The standard InChI is InChI=1S/C20H22N4O3S/c1-14-19(15(2)24(23-14)17-6-4-3-5-7-17)12-13-20(25)22-16-8-10-18(11-9-16)28(21,26)27/h3-11H,12-13H2,1-2H3,(H,22,25)(H2,21,26,27). The first-order valence-electron chi connectivity index (χ1n) is 8.79. The van der Waals surface area contributed by atoms with Crippen LogP contribution in [0.25, 0.3) is 5.69 Å². The number of nitrogens with two attached hydrogens (primary N) is 1. The molecule has 0 aliphatic heterocycles. The molecule has 0 unspecified atom stereocenters. The van der Waals surface area contributed by atoms with Gasteiger partial charge in [-0.05, 0) is 62.2 Å². The summed E-state index contributed by atoms with van der Waals surface area (Å²) in [6, 6.07) is 15.6. The molecule has 0 aliphatic carbocycles. The number of sulfonamides is 1. The molecule has 2 aromatic carbocycles. The molecular weight excluding hydrogens is 376 g/mol. The van der Waals surface area contributed by atoms with Gasteiger partial charge in [0.2, 0.25) is 15.9 Å². The Morgan fingerprint density at radius 3 is 2.32 bits per heavy atom. The van der Waals surface area contributed by atoms with Gasteiger partial charge in [0.15, 0.2) is 0 Å². The van der Waals surface area contributed by atoms with Crippen molar-refractivity contribution in [3.8, 4) is 5.69 Å². The van der Waals surface area contributed by atoms with Crippen molar-refractivity contribution < 1.29 is 13.2 Å². The normalized spacial score (nSPS) is 11.4. The zero-order valence-corrected chi connectivity index (χ0v) is 16.5. The fraction of sp³-hybridized carbons (Fsp3) is 0.200. The average Bonchev–Trinajstić information content (AvgIpc) is 2.94. The van der Waals surface area contributed by atoms with Gasteiger partial charge in [0, 0.05) is 17.8 Å². The molecule has 0 atom stereocenters. The smallest absolute Gasteiger partial charge is 0.238 e. The first kappa shape index (κ1) is 19.8. The van der Waals surface area contributed by atoms with Gasteiger partial charge in [-0.15, -0.1) is 0 Å². The summed E-state index contributed by atoms with van der Waals surface area (Å²) < 4.78 is 24.4. The van der Waals surface area contributed by atoms with E-state index in [0.717, 1.165) is 22.6 Å². The van der Waals surface area contributed by atoms with E-state index in [1.807, 2.05) is 48.9 Å². The number of nitrogens with zero attached hydrogens (tertiary/aromatic N) is 2. The van der Waals surface area contributed by atoms with Crippen LogP contribution in [0.1, 0.15) is 23.4 Å². The van der Waals surface area contributed by atoms with Crippen molar-refractivity contribution in [1.29, 1.82) is 0 Å². The maximum atomic E-state index is 12.3. The Kier molecular flexibility index (Phi) is 5.62. The van der Waals surface area contributed by atoms with Gasteiger partial charge in [0.05, 0.1) is 16.3 Å². The van der Waals surface area contributed by atoms with E-state index in [0.29, 0.717) is 18.5 Å². The summed E-state index contributed by atoms with van der Waals surface area (Å²) in [4.78, 5) is 12.3. The van der Waals surface area contributed by atoms with Gasteiger partial charge < -0.3 is 5.32 Å². The number of primary sulfonamides is 1. The number of anilines is 1. The molecule has 0 aliphatic rings. The van der Waals surface area contributed by atoms with E-state index in [-0.39, 0.29) is 10.8 Å². The van der Waals surface area contributed by atoms with E-state index in [1.165, 1.54) is 24.3 Å². The topological polar surface area (TPSA) is 107 Å². The van der Waals surface area contributed by atoms with Crippen molar-refractivity contribution in [1.82, 2.24) is 9.78 Å². The molecule has 8 heteroatoms. The van der Waals surface area contributed by atoms with Crippen LogP contribution in [0.3, 0.4) is 0 Å². The number of carbonyl (C=O) groups excluding carboxylic acids is 1. The molecule has 1 heterocycles. The highest BCUT2D eigenvalue weighted by atomic mass is 32.2. The fourth-order valence-electron chi connectivity index (χ4n) is 3.05. The van der Waals surface area contributed by atoms with Gasteiger partial charge in [0.1, 0.15) is 0 Å². The second kappa shape index (κ2) is 7.95. The van der Waals surface area contributed by atoms with Gasteiger partial charge in [-0.2, -0.15) is 5.10 Å². The van der Waals surface area contributed by atoms with Crippen LogP contribution in [0.15, 0.2) is 59.5 Å².